The van der Waals surface area contributed by atoms with Crippen LogP contribution in [0.25, 0.3) is 11.3 Å². The van der Waals surface area contributed by atoms with Gasteiger partial charge in [-0.2, -0.15) is 4.68 Å². The first-order valence-electron chi connectivity index (χ1n) is 4.36. The van der Waals surface area contributed by atoms with Crippen LogP contribution in [0.5, 0.6) is 0 Å². The Morgan fingerprint density at radius 3 is 2.47 bits per heavy atom. The van der Waals surface area contributed by atoms with E-state index < -0.39 is 11.6 Å². The van der Waals surface area contributed by atoms with E-state index in [1.54, 1.807) is 0 Å². The van der Waals surface area contributed by atoms with Gasteiger partial charge in [0, 0.05) is 6.07 Å². The highest BCUT2D eigenvalue weighted by Crippen LogP contribution is 2.13. The fourth-order valence-electron chi connectivity index (χ4n) is 1.33. The third-order valence-corrected chi connectivity index (χ3v) is 2.03. The number of H-pyrrole nitrogens is 1. The minimum atomic E-state index is -0.817. The minimum absolute atomic E-state index is 0.457. The predicted molar refractivity (Wildman–Crippen MR) is 55.5 cm³/mol. The number of aromatic amines is 1. The Balaban J connectivity index is 2.53. The Morgan fingerprint density at radius 2 is 1.93 bits per heavy atom. The van der Waals surface area contributed by atoms with Crippen molar-refractivity contribution in [1.29, 1.82) is 0 Å². The van der Waals surface area contributed by atoms with E-state index in [9.17, 15) is 9.59 Å². The van der Waals surface area contributed by atoms with Gasteiger partial charge in [0.05, 0.1) is 5.69 Å². The molecule has 1 amide bonds. The molecule has 3 N–H and O–H groups in total. The summed E-state index contributed by atoms with van der Waals surface area (Å²) in [7, 11) is 0. The molecule has 0 radical (unpaired) electrons. The lowest BCUT2D eigenvalue weighted by atomic mass is 10.2. The number of rotatable bonds is 1. The number of hydrogen-bond donors (Lipinski definition) is 2. The molecular weight excluding hydrogens is 194 g/mol. The second-order valence-electron chi connectivity index (χ2n) is 3.05. The summed E-state index contributed by atoms with van der Waals surface area (Å²) in [6.45, 7) is 0. The smallest absolute Gasteiger partial charge is 0.341 e. The molecule has 1 heterocycles. The molecule has 0 aliphatic rings. The second kappa shape index (κ2) is 3.45. The van der Waals surface area contributed by atoms with Gasteiger partial charge >= 0.3 is 6.03 Å². The molecule has 15 heavy (non-hydrogen) atoms. The summed E-state index contributed by atoms with van der Waals surface area (Å²) in [5.41, 5.74) is 5.94. The van der Waals surface area contributed by atoms with Crippen LogP contribution in [-0.4, -0.2) is 15.8 Å². The quantitative estimate of drug-likeness (QED) is 0.717. The lowest BCUT2D eigenvalue weighted by molar-refractivity contribution is 0.247. The van der Waals surface area contributed by atoms with Crippen LogP contribution in [0.1, 0.15) is 0 Å². The summed E-state index contributed by atoms with van der Waals surface area (Å²) in [5.74, 6) is 0. The van der Waals surface area contributed by atoms with Crippen molar-refractivity contribution in [3.05, 3.63) is 46.8 Å². The van der Waals surface area contributed by atoms with Crippen molar-refractivity contribution < 1.29 is 4.79 Å². The Labute approximate surface area is 85.1 Å². The molecule has 0 fully saturated rings. The van der Waals surface area contributed by atoms with E-state index in [0.717, 1.165) is 10.2 Å². The summed E-state index contributed by atoms with van der Waals surface area (Å²) in [4.78, 5) is 22.1. The second-order valence-corrected chi connectivity index (χ2v) is 3.05. The topological polar surface area (TPSA) is 80.9 Å². The van der Waals surface area contributed by atoms with Crippen LogP contribution in [0.3, 0.4) is 0 Å². The summed E-state index contributed by atoms with van der Waals surface area (Å²) in [6.07, 6.45) is 0. The number of primary amides is 1. The van der Waals surface area contributed by atoms with Gasteiger partial charge in [-0.3, -0.25) is 9.89 Å². The number of carbonyl (C=O) groups is 1. The van der Waals surface area contributed by atoms with Gasteiger partial charge in [0.2, 0.25) is 0 Å². The van der Waals surface area contributed by atoms with Crippen molar-refractivity contribution in [1.82, 2.24) is 9.78 Å². The molecule has 76 valence electrons. The van der Waals surface area contributed by atoms with Crippen LogP contribution in [-0.2, 0) is 0 Å². The third-order valence-electron chi connectivity index (χ3n) is 2.03. The highest BCUT2D eigenvalue weighted by atomic mass is 16.2. The van der Waals surface area contributed by atoms with Gasteiger partial charge in [-0.1, -0.05) is 30.3 Å². The van der Waals surface area contributed by atoms with E-state index in [4.69, 9.17) is 5.73 Å². The van der Waals surface area contributed by atoms with Crippen LogP contribution in [0.4, 0.5) is 4.79 Å². The zero-order chi connectivity index (χ0) is 10.8. The van der Waals surface area contributed by atoms with Gasteiger partial charge in [-0.25, -0.2) is 4.79 Å². The largest absolute Gasteiger partial charge is 0.350 e. The maximum Gasteiger partial charge on any atom is 0.341 e. The van der Waals surface area contributed by atoms with Crippen molar-refractivity contribution in [3.63, 3.8) is 0 Å². The molecular formula is C10H9N3O2. The number of nitrogens with two attached hydrogens (primary N) is 1. The average molecular weight is 203 g/mol. The first-order chi connectivity index (χ1) is 7.18. The van der Waals surface area contributed by atoms with Gasteiger partial charge < -0.3 is 5.73 Å². The molecule has 0 aliphatic heterocycles. The van der Waals surface area contributed by atoms with Gasteiger partial charge in [-0.05, 0) is 5.56 Å². The van der Waals surface area contributed by atoms with E-state index in [2.05, 4.69) is 5.10 Å². The first-order valence-corrected chi connectivity index (χ1v) is 4.36. The van der Waals surface area contributed by atoms with Crippen LogP contribution in [0.15, 0.2) is 41.2 Å². The fraction of sp³-hybridized carbons (Fsp3) is 0. The number of aromatic nitrogens is 2. The van der Waals surface area contributed by atoms with Gasteiger partial charge in [0.15, 0.2) is 0 Å². The number of nitrogens with one attached hydrogen (secondary N) is 1. The van der Waals surface area contributed by atoms with E-state index in [1.165, 1.54) is 6.07 Å². The molecule has 5 heteroatoms. The Hall–Kier alpha value is -2.30. The van der Waals surface area contributed by atoms with E-state index >= 15 is 0 Å². The molecule has 0 bridgehead atoms. The van der Waals surface area contributed by atoms with Crippen molar-refractivity contribution in [2.75, 3.05) is 0 Å². The molecule has 0 unspecified atom stereocenters. The van der Waals surface area contributed by atoms with Gasteiger partial charge in [0.1, 0.15) is 0 Å². The molecule has 2 rings (SSSR count). The standard InChI is InChI=1S/C10H9N3O2/c11-10(15)13-9(14)6-8(12-13)7-4-2-1-3-5-7/h1-6,12H,(H2,11,15). The zero-order valence-corrected chi connectivity index (χ0v) is 7.81. The number of amides is 1. The van der Waals surface area contributed by atoms with Crippen LogP contribution < -0.4 is 11.3 Å². The SMILES string of the molecule is NC(=O)n1[nH]c(-c2ccccc2)cc1=O. The van der Waals surface area contributed by atoms with Crippen molar-refractivity contribution in [3.8, 4) is 11.3 Å². The molecule has 1 aromatic heterocycles. The molecule has 0 atom stereocenters. The normalized spacial score (nSPS) is 10.1. The van der Waals surface area contributed by atoms with E-state index in [-0.39, 0.29) is 0 Å². The fourth-order valence-corrected chi connectivity index (χ4v) is 1.33. The summed E-state index contributed by atoms with van der Waals surface area (Å²) in [5, 5.41) is 2.63. The molecule has 1 aromatic carbocycles. The molecule has 0 saturated heterocycles. The van der Waals surface area contributed by atoms with Crippen LogP contribution in [0.2, 0.25) is 0 Å². The summed E-state index contributed by atoms with van der Waals surface area (Å²) < 4.78 is 0.766. The summed E-state index contributed by atoms with van der Waals surface area (Å²) in [6, 6.07) is 9.73. The average Bonchev–Trinajstić information content (AvgIpc) is 2.62. The van der Waals surface area contributed by atoms with E-state index in [1.807, 2.05) is 30.3 Å². The monoisotopic (exact) mass is 203 g/mol. The molecule has 0 spiro atoms. The Kier molecular flexibility index (Phi) is 2.13. The highest BCUT2D eigenvalue weighted by Gasteiger charge is 2.07. The van der Waals surface area contributed by atoms with Crippen LogP contribution >= 0.6 is 0 Å². The van der Waals surface area contributed by atoms with Gasteiger partial charge in [-0.15, -0.1) is 0 Å². The first kappa shape index (κ1) is 9.26. The maximum absolute atomic E-state index is 11.3. The number of benzene rings is 1. The Morgan fingerprint density at radius 1 is 1.27 bits per heavy atom. The van der Waals surface area contributed by atoms with Crippen molar-refractivity contribution in [2.45, 2.75) is 0 Å². The lowest BCUT2D eigenvalue weighted by Gasteiger charge is -1.96. The van der Waals surface area contributed by atoms with Crippen molar-refractivity contribution in [2.24, 2.45) is 5.73 Å². The molecule has 0 saturated carbocycles. The molecule has 2 aromatic rings. The summed E-state index contributed by atoms with van der Waals surface area (Å²) >= 11 is 0. The highest BCUT2D eigenvalue weighted by molar-refractivity contribution is 5.74. The van der Waals surface area contributed by atoms with Gasteiger partial charge in [0.25, 0.3) is 5.56 Å². The number of carbonyl (C=O) groups excluding carboxylic acids is 1. The predicted octanol–water partition coefficient (Wildman–Crippen LogP) is 0.770. The maximum atomic E-state index is 11.3. The molecule has 0 aliphatic carbocycles. The van der Waals surface area contributed by atoms with E-state index in [0.29, 0.717) is 5.69 Å². The van der Waals surface area contributed by atoms with Crippen molar-refractivity contribution >= 4 is 6.03 Å². The Bertz CT molecular complexity index is 539. The van der Waals surface area contributed by atoms with Crippen LogP contribution in [0, 0.1) is 0 Å². The number of nitrogens with zero attached hydrogens (tertiary/aromatic N) is 1. The molecule has 5 nitrogen and oxygen atoms in total. The third kappa shape index (κ3) is 1.67. The number of hydrogen-bond acceptors (Lipinski definition) is 2. The lowest BCUT2D eigenvalue weighted by Crippen LogP contribution is -2.29. The minimum Gasteiger partial charge on any atom is -0.350 e. The zero-order valence-electron chi connectivity index (χ0n) is 7.81.